The van der Waals surface area contributed by atoms with Crippen molar-refractivity contribution in [1.29, 1.82) is 0 Å². The highest BCUT2D eigenvalue weighted by atomic mass is 16.5. The van der Waals surface area contributed by atoms with Crippen LogP contribution in [0, 0.1) is 11.8 Å². The van der Waals surface area contributed by atoms with Gasteiger partial charge < -0.3 is 9.47 Å². The highest BCUT2D eigenvalue weighted by Crippen LogP contribution is 2.30. The molecule has 0 aromatic heterocycles. The van der Waals surface area contributed by atoms with Crippen LogP contribution in [0.15, 0.2) is 0 Å². The molecule has 0 N–H and O–H groups in total. The van der Waals surface area contributed by atoms with Gasteiger partial charge in [-0.2, -0.15) is 0 Å². The van der Waals surface area contributed by atoms with E-state index in [4.69, 9.17) is 9.47 Å². The summed E-state index contributed by atoms with van der Waals surface area (Å²) >= 11 is 0. The van der Waals surface area contributed by atoms with Crippen molar-refractivity contribution in [3.63, 3.8) is 0 Å². The Balaban J connectivity index is 1.96. The van der Waals surface area contributed by atoms with Crippen LogP contribution in [0.25, 0.3) is 0 Å². The van der Waals surface area contributed by atoms with Crippen LogP contribution in [0.4, 0.5) is 0 Å². The van der Waals surface area contributed by atoms with Crippen LogP contribution in [0.1, 0.15) is 149 Å². The average Bonchev–Trinajstić information content (AvgIpc) is 2.84. The van der Waals surface area contributed by atoms with Gasteiger partial charge in [-0.1, -0.05) is 110 Å². The van der Waals surface area contributed by atoms with Crippen LogP contribution in [0.5, 0.6) is 0 Å². The van der Waals surface area contributed by atoms with Crippen LogP contribution in [-0.2, 0) is 19.1 Å². The monoisotopic (exact) mass is 466 g/mol. The first-order chi connectivity index (χ1) is 16.2. The van der Waals surface area contributed by atoms with Crippen LogP contribution >= 0.6 is 0 Å². The molecule has 0 aliphatic heterocycles. The van der Waals surface area contributed by atoms with Gasteiger partial charge in [0, 0.05) is 0 Å². The second-order valence-corrected chi connectivity index (χ2v) is 10.2. The van der Waals surface area contributed by atoms with Crippen molar-refractivity contribution in [2.75, 3.05) is 13.2 Å². The number of carbonyl (C=O) groups is 2. The lowest BCUT2D eigenvalue weighted by atomic mass is 9.82. The molecule has 4 nitrogen and oxygen atoms in total. The molecule has 0 radical (unpaired) electrons. The molecule has 1 saturated carbocycles. The molecule has 1 fully saturated rings. The zero-order chi connectivity index (χ0) is 24.0. The summed E-state index contributed by atoms with van der Waals surface area (Å²) in [4.78, 5) is 24.6. The second kappa shape index (κ2) is 21.5. The quantitative estimate of drug-likeness (QED) is 0.126. The molecule has 0 aromatic carbocycles. The van der Waals surface area contributed by atoms with Crippen molar-refractivity contribution < 1.29 is 19.1 Å². The van der Waals surface area contributed by atoms with E-state index in [9.17, 15) is 9.59 Å². The van der Waals surface area contributed by atoms with E-state index in [0.29, 0.717) is 13.2 Å². The Labute approximate surface area is 205 Å². The van der Waals surface area contributed by atoms with E-state index in [2.05, 4.69) is 13.8 Å². The first-order valence-electron chi connectivity index (χ1n) is 14.5. The summed E-state index contributed by atoms with van der Waals surface area (Å²) in [6.45, 7) is 5.59. The predicted molar refractivity (Wildman–Crippen MR) is 137 cm³/mol. The van der Waals surface area contributed by atoms with Gasteiger partial charge in [0.25, 0.3) is 0 Å². The van der Waals surface area contributed by atoms with Crippen LogP contribution in [-0.4, -0.2) is 25.2 Å². The molecular weight excluding hydrogens is 412 g/mol. The summed E-state index contributed by atoms with van der Waals surface area (Å²) in [5, 5.41) is 0. The minimum atomic E-state index is -0.0573. The van der Waals surface area contributed by atoms with E-state index in [1.807, 2.05) is 0 Å². The summed E-state index contributed by atoms with van der Waals surface area (Å²) in [5.41, 5.74) is 0. The molecule has 0 bridgehead atoms. The molecule has 0 amide bonds. The minimum Gasteiger partial charge on any atom is -0.465 e. The Kier molecular flexibility index (Phi) is 19.5. The van der Waals surface area contributed by atoms with Crippen molar-refractivity contribution in [2.24, 2.45) is 11.8 Å². The largest absolute Gasteiger partial charge is 0.465 e. The van der Waals surface area contributed by atoms with E-state index in [0.717, 1.165) is 51.4 Å². The van der Waals surface area contributed by atoms with E-state index >= 15 is 0 Å². The number of ether oxygens (including phenoxy) is 2. The van der Waals surface area contributed by atoms with Crippen LogP contribution in [0.2, 0.25) is 0 Å². The van der Waals surface area contributed by atoms with Gasteiger partial charge in [0.15, 0.2) is 0 Å². The topological polar surface area (TPSA) is 52.6 Å². The molecule has 0 heterocycles. The number of hydrogen-bond donors (Lipinski definition) is 0. The van der Waals surface area contributed by atoms with Gasteiger partial charge >= 0.3 is 11.9 Å². The molecule has 194 valence electrons. The maximum Gasteiger partial charge on any atom is 0.308 e. The Morgan fingerprint density at radius 2 is 0.758 bits per heavy atom. The van der Waals surface area contributed by atoms with Gasteiger partial charge in [0.1, 0.15) is 0 Å². The van der Waals surface area contributed by atoms with E-state index in [1.165, 1.54) is 83.5 Å². The normalized spacial score (nSPS) is 18.2. The Hall–Kier alpha value is -1.06. The van der Waals surface area contributed by atoms with Gasteiger partial charge in [-0.3, -0.25) is 9.59 Å². The summed E-state index contributed by atoms with van der Waals surface area (Å²) in [6.07, 6.45) is 24.4. The molecule has 1 rings (SSSR count). The fourth-order valence-electron chi connectivity index (χ4n) is 4.79. The first kappa shape index (κ1) is 30.0. The minimum absolute atomic E-state index is 0.0272. The number of carbonyl (C=O) groups excluding carboxylic acids is 2. The van der Waals surface area contributed by atoms with Gasteiger partial charge in [0.05, 0.1) is 25.0 Å². The smallest absolute Gasteiger partial charge is 0.308 e. The molecule has 1 aliphatic rings. The zero-order valence-corrected chi connectivity index (χ0v) is 22.1. The highest BCUT2D eigenvalue weighted by Gasteiger charge is 2.31. The molecule has 0 aromatic rings. The maximum atomic E-state index is 12.3. The summed E-state index contributed by atoms with van der Waals surface area (Å²) in [5.74, 6) is -0.167. The zero-order valence-electron chi connectivity index (χ0n) is 22.1. The number of esters is 2. The third-order valence-electron chi connectivity index (χ3n) is 7.13. The van der Waals surface area contributed by atoms with Gasteiger partial charge in [0.2, 0.25) is 0 Å². The van der Waals surface area contributed by atoms with E-state index in [-0.39, 0.29) is 23.8 Å². The molecule has 4 heteroatoms. The molecule has 0 saturated heterocycles. The van der Waals surface area contributed by atoms with Crippen molar-refractivity contribution in [1.82, 2.24) is 0 Å². The Bertz CT molecular complexity index is 468. The number of unbranched alkanes of at least 4 members (excludes halogenated alkanes) is 15. The summed E-state index contributed by atoms with van der Waals surface area (Å²) in [7, 11) is 0. The molecular formula is C29H54O4. The fraction of sp³-hybridized carbons (Fsp3) is 0.931. The lowest BCUT2D eigenvalue weighted by molar-refractivity contribution is -0.155. The van der Waals surface area contributed by atoms with Crippen molar-refractivity contribution in [3.8, 4) is 0 Å². The summed E-state index contributed by atoms with van der Waals surface area (Å²) in [6, 6.07) is 0. The van der Waals surface area contributed by atoms with Crippen LogP contribution < -0.4 is 0 Å². The second-order valence-electron chi connectivity index (χ2n) is 10.2. The van der Waals surface area contributed by atoms with E-state index in [1.54, 1.807) is 0 Å². The third-order valence-corrected chi connectivity index (χ3v) is 7.13. The molecule has 33 heavy (non-hydrogen) atoms. The predicted octanol–water partition coefficient (Wildman–Crippen LogP) is 8.55. The SMILES string of the molecule is CCCCCCCCCCCCOC(=O)C1CCC(C(=O)OCCCCCCCCC)CC1. The summed E-state index contributed by atoms with van der Waals surface area (Å²) < 4.78 is 11.0. The molecule has 0 unspecified atom stereocenters. The first-order valence-corrected chi connectivity index (χ1v) is 14.5. The Morgan fingerprint density at radius 1 is 0.485 bits per heavy atom. The fourth-order valence-corrected chi connectivity index (χ4v) is 4.79. The van der Waals surface area contributed by atoms with Gasteiger partial charge in [-0.25, -0.2) is 0 Å². The Morgan fingerprint density at radius 3 is 1.06 bits per heavy atom. The van der Waals surface area contributed by atoms with Crippen LogP contribution in [0.3, 0.4) is 0 Å². The number of rotatable bonds is 21. The maximum absolute atomic E-state index is 12.3. The molecule has 0 atom stereocenters. The van der Waals surface area contributed by atoms with Crippen molar-refractivity contribution in [2.45, 2.75) is 149 Å². The van der Waals surface area contributed by atoms with Crippen molar-refractivity contribution >= 4 is 11.9 Å². The molecule has 0 spiro atoms. The van der Waals surface area contributed by atoms with Gasteiger partial charge in [-0.05, 0) is 38.5 Å². The average molecular weight is 467 g/mol. The van der Waals surface area contributed by atoms with Crippen molar-refractivity contribution in [3.05, 3.63) is 0 Å². The molecule has 1 aliphatic carbocycles. The standard InChI is InChI=1S/C29H54O4/c1-3-5-7-9-11-12-13-15-17-19-25-33-29(31)27-22-20-26(21-23-27)28(30)32-24-18-16-14-10-8-6-4-2/h26-27H,3-25H2,1-2H3. The third kappa shape index (κ3) is 16.2. The number of hydrogen-bond acceptors (Lipinski definition) is 4. The van der Waals surface area contributed by atoms with E-state index < -0.39 is 0 Å². The van der Waals surface area contributed by atoms with Gasteiger partial charge in [-0.15, -0.1) is 0 Å². The lowest BCUT2D eigenvalue weighted by Crippen LogP contribution is -2.28. The highest BCUT2D eigenvalue weighted by molar-refractivity contribution is 5.75. The lowest BCUT2D eigenvalue weighted by Gasteiger charge is -2.26.